The van der Waals surface area contributed by atoms with Crippen molar-refractivity contribution in [2.75, 3.05) is 6.54 Å². The number of rotatable bonds is 8. The van der Waals surface area contributed by atoms with Gasteiger partial charge in [-0.15, -0.1) is 11.3 Å². The van der Waals surface area contributed by atoms with Crippen molar-refractivity contribution >= 4 is 21.4 Å². The van der Waals surface area contributed by atoms with Crippen LogP contribution in [0.1, 0.15) is 24.5 Å². The molecule has 0 spiro atoms. The van der Waals surface area contributed by atoms with Gasteiger partial charge in [0.05, 0.1) is 0 Å². The highest BCUT2D eigenvalue weighted by molar-refractivity contribution is 7.91. The van der Waals surface area contributed by atoms with Gasteiger partial charge in [-0.05, 0) is 12.1 Å². The van der Waals surface area contributed by atoms with Crippen molar-refractivity contribution in [3.05, 3.63) is 29.2 Å². The van der Waals surface area contributed by atoms with E-state index in [9.17, 15) is 8.42 Å². The maximum atomic E-state index is 12.1. The van der Waals surface area contributed by atoms with Gasteiger partial charge in [-0.1, -0.05) is 13.8 Å². The zero-order valence-corrected chi connectivity index (χ0v) is 13.6. The Bertz CT molecular complexity index is 649. The van der Waals surface area contributed by atoms with E-state index in [1.807, 2.05) is 6.07 Å². The van der Waals surface area contributed by atoms with Gasteiger partial charge in [-0.3, -0.25) is 5.10 Å². The quantitative estimate of drug-likeness (QED) is 0.668. The van der Waals surface area contributed by atoms with Gasteiger partial charge < -0.3 is 5.32 Å². The monoisotopic (exact) mass is 329 g/mol. The minimum atomic E-state index is -3.45. The van der Waals surface area contributed by atoms with Crippen LogP contribution in [-0.4, -0.2) is 36.2 Å². The molecular weight excluding hydrogens is 310 g/mol. The largest absolute Gasteiger partial charge is 0.310 e. The first-order valence-corrected chi connectivity index (χ1v) is 8.93. The second kappa shape index (κ2) is 7.12. The molecule has 0 amide bonds. The number of aromatic amines is 1. The predicted octanol–water partition coefficient (Wildman–Crippen LogP) is 0.885. The van der Waals surface area contributed by atoms with Gasteiger partial charge in [-0.2, -0.15) is 5.10 Å². The summed E-state index contributed by atoms with van der Waals surface area (Å²) in [6, 6.07) is 3.84. The normalized spacial score (nSPS) is 12.1. The summed E-state index contributed by atoms with van der Waals surface area (Å²) >= 11 is 1.28. The molecule has 0 aromatic carbocycles. The molecule has 7 nitrogen and oxygen atoms in total. The summed E-state index contributed by atoms with van der Waals surface area (Å²) in [7, 11) is -3.45. The molecule has 2 heterocycles. The standard InChI is InChI=1S/C12H19N5O2S2/c1-9(2)13-7-10-3-4-12(20-10)21(18,19)16-6-5-11-14-8-15-17-11/h3-4,8-9,13,16H,5-7H2,1-2H3,(H,14,15,17). The van der Waals surface area contributed by atoms with Crippen molar-refractivity contribution in [3.63, 3.8) is 0 Å². The summed E-state index contributed by atoms with van der Waals surface area (Å²) in [4.78, 5) is 4.95. The molecule has 0 saturated heterocycles. The summed E-state index contributed by atoms with van der Waals surface area (Å²) in [5, 5.41) is 9.67. The minimum absolute atomic E-state index is 0.287. The Hall–Kier alpha value is -1.29. The van der Waals surface area contributed by atoms with Crippen LogP contribution in [0.15, 0.2) is 22.7 Å². The third-order valence-corrected chi connectivity index (χ3v) is 5.74. The van der Waals surface area contributed by atoms with E-state index in [-0.39, 0.29) is 6.54 Å². The zero-order chi connectivity index (χ0) is 15.3. The number of H-pyrrole nitrogens is 1. The molecule has 9 heteroatoms. The lowest BCUT2D eigenvalue weighted by Gasteiger charge is -2.05. The van der Waals surface area contributed by atoms with Gasteiger partial charge >= 0.3 is 0 Å². The van der Waals surface area contributed by atoms with E-state index in [0.29, 0.717) is 29.0 Å². The van der Waals surface area contributed by atoms with Crippen LogP contribution in [0.3, 0.4) is 0 Å². The average molecular weight is 329 g/mol. The fraction of sp³-hybridized carbons (Fsp3) is 0.500. The Kier molecular flexibility index (Phi) is 5.45. The van der Waals surface area contributed by atoms with Gasteiger partial charge in [0.15, 0.2) is 0 Å². The Morgan fingerprint density at radius 3 is 2.86 bits per heavy atom. The number of sulfonamides is 1. The Balaban J connectivity index is 1.89. The number of aromatic nitrogens is 3. The van der Waals surface area contributed by atoms with Gasteiger partial charge in [0.2, 0.25) is 10.0 Å². The average Bonchev–Trinajstić information content (AvgIpc) is 3.07. The lowest BCUT2D eigenvalue weighted by Crippen LogP contribution is -2.25. The van der Waals surface area contributed by atoms with Crippen LogP contribution < -0.4 is 10.0 Å². The van der Waals surface area contributed by atoms with Gasteiger partial charge in [0.25, 0.3) is 0 Å². The molecule has 0 aliphatic carbocycles. The topological polar surface area (TPSA) is 99.8 Å². The lowest BCUT2D eigenvalue weighted by molar-refractivity contribution is 0.583. The highest BCUT2D eigenvalue weighted by Crippen LogP contribution is 2.21. The van der Waals surface area contributed by atoms with E-state index < -0.39 is 10.0 Å². The van der Waals surface area contributed by atoms with Gasteiger partial charge in [0, 0.05) is 30.4 Å². The first kappa shape index (κ1) is 16.1. The minimum Gasteiger partial charge on any atom is -0.310 e. The number of nitrogens with one attached hydrogen (secondary N) is 3. The van der Waals surface area contributed by atoms with Crippen molar-refractivity contribution in [2.24, 2.45) is 0 Å². The second-order valence-corrected chi connectivity index (χ2v) is 8.00. The van der Waals surface area contributed by atoms with Crippen molar-refractivity contribution in [3.8, 4) is 0 Å². The molecule has 2 aromatic heterocycles. The second-order valence-electron chi connectivity index (χ2n) is 4.84. The van der Waals surface area contributed by atoms with Crippen LogP contribution in [0.4, 0.5) is 0 Å². The third-order valence-electron chi connectivity index (χ3n) is 2.71. The highest BCUT2D eigenvalue weighted by atomic mass is 32.2. The molecule has 0 fully saturated rings. The summed E-state index contributed by atoms with van der Waals surface area (Å²) < 4.78 is 27.2. The van der Waals surface area contributed by atoms with Crippen LogP contribution >= 0.6 is 11.3 Å². The van der Waals surface area contributed by atoms with Crippen LogP contribution in [0, 0.1) is 0 Å². The molecule has 0 aliphatic heterocycles. The molecule has 21 heavy (non-hydrogen) atoms. The van der Waals surface area contributed by atoms with E-state index in [1.54, 1.807) is 6.07 Å². The fourth-order valence-electron chi connectivity index (χ4n) is 1.63. The predicted molar refractivity (Wildman–Crippen MR) is 81.6 cm³/mol. The smallest absolute Gasteiger partial charge is 0.250 e. The number of hydrogen-bond donors (Lipinski definition) is 3. The summed E-state index contributed by atoms with van der Waals surface area (Å²) in [6.07, 6.45) is 1.88. The molecule has 0 saturated carbocycles. The SMILES string of the molecule is CC(C)NCc1ccc(S(=O)(=O)NCCc2ncn[nH]2)s1. The molecule has 3 N–H and O–H groups in total. The van der Waals surface area contributed by atoms with Crippen molar-refractivity contribution in [1.82, 2.24) is 25.2 Å². The molecule has 0 bridgehead atoms. The maximum absolute atomic E-state index is 12.1. The van der Waals surface area contributed by atoms with Crippen LogP contribution in [-0.2, 0) is 23.0 Å². The molecule has 2 aromatic rings. The summed E-state index contributed by atoms with van der Waals surface area (Å²) in [5.74, 6) is 0.658. The number of hydrogen-bond acceptors (Lipinski definition) is 6. The zero-order valence-electron chi connectivity index (χ0n) is 12.0. The number of thiophene rings is 1. The van der Waals surface area contributed by atoms with Crippen LogP contribution in [0.2, 0.25) is 0 Å². The van der Waals surface area contributed by atoms with Crippen LogP contribution in [0.25, 0.3) is 0 Å². The Morgan fingerprint density at radius 1 is 1.38 bits per heavy atom. The Morgan fingerprint density at radius 2 is 2.19 bits per heavy atom. The summed E-state index contributed by atoms with van der Waals surface area (Å²) in [6.45, 7) is 5.07. The molecule has 116 valence electrons. The molecule has 0 aliphatic rings. The van der Waals surface area contributed by atoms with Crippen molar-refractivity contribution < 1.29 is 8.42 Å². The highest BCUT2D eigenvalue weighted by Gasteiger charge is 2.16. The van der Waals surface area contributed by atoms with E-state index >= 15 is 0 Å². The van der Waals surface area contributed by atoms with Gasteiger partial charge in [-0.25, -0.2) is 18.1 Å². The van der Waals surface area contributed by atoms with E-state index in [1.165, 1.54) is 17.7 Å². The number of nitrogens with zero attached hydrogens (tertiary/aromatic N) is 2. The maximum Gasteiger partial charge on any atom is 0.250 e. The molecule has 0 atom stereocenters. The van der Waals surface area contributed by atoms with Crippen molar-refractivity contribution in [1.29, 1.82) is 0 Å². The molecule has 0 unspecified atom stereocenters. The van der Waals surface area contributed by atoms with E-state index in [4.69, 9.17) is 0 Å². The van der Waals surface area contributed by atoms with Crippen LogP contribution in [0.5, 0.6) is 0 Å². The first-order valence-electron chi connectivity index (χ1n) is 6.63. The summed E-state index contributed by atoms with van der Waals surface area (Å²) in [5.41, 5.74) is 0. The lowest BCUT2D eigenvalue weighted by atomic mass is 10.4. The molecule has 2 rings (SSSR count). The Labute approximate surface area is 128 Å². The third kappa shape index (κ3) is 4.88. The molecule has 0 radical (unpaired) electrons. The first-order chi connectivity index (χ1) is 9.97. The fourth-order valence-corrected chi connectivity index (χ4v) is 4.01. The van der Waals surface area contributed by atoms with E-state index in [2.05, 4.69) is 39.1 Å². The molecular formula is C12H19N5O2S2. The van der Waals surface area contributed by atoms with E-state index in [0.717, 1.165) is 4.88 Å². The van der Waals surface area contributed by atoms with Crippen molar-refractivity contribution in [2.45, 2.75) is 37.1 Å². The van der Waals surface area contributed by atoms with Gasteiger partial charge in [0.1, 0.15) is 16.4 Å².